The molecule has 144 valence electrons. The van der Waals surface area contributed by atoms with Gasteiger partial charge in [-0.3, -0.25) is 4.79 Å². The maximum Gasteiger partial charge on any atom is 0.235 e. The number of fused-ring (bicyclic) bond motifs is 1. The van der Waals surface area contributed by atoms with Crippen LogP contribution in [0.5, 0.6) is 0 Å². The number of amides is 1. The first-order valence-electron chi connectivity index (χ1n) is 9.28. The molecular formula is C20H33N5O. The molecule has 0 saturated carbocycles. The number of nitrogens with two attached hydrogens (primary N) is 1. The smallest absolute Gasteiger partial charge is 0.235 e. The van der Waals surface area contributed by atoms with Gasteiger partial charge >= 0.3 is 0 Å². The SMILES string of the molecule is C=Cc1ccc2c(c1)/C(=N/NCC)C(C)C(=O)N2CCCN.CCNC. The molecule has 6 nitrogen and oxygen atoms in total. The van der Waals surface area contributed by atoms with Crippen molar-refractivity contribution >= 4 is 23.4 Å². The summed E-state index contributed by atoms with van der Waals surface area (Å²) in [6.45, 7) is 12.8. The number of rotatable bonds is 7. The number of carbonyl (C=O) groups is 1. The van der Waals surface area contributed by atoms with Crippen molar-refractivity contribution < 1.29 is 4.79 Å². The van der Waals surface area contributed by atoms with Gasteiger partial charge in [-0.2, -0.15) is 5.10 Å². The standard InChI is InChI=1S/C17H24N4O.C3H9N/c1-4-13-7-8-15-14(11-13)16(20-19-5-2)12(3)17(22)21(15)10-6-9-18;1-3-4-2/h4,7-8,11-12,19H,1,5-6,9-10,18H2,2-3H3;4H,3H2,1-2H3/b20-16+;. The molecular weight excluding hydrogens is 326 g/mol. The Balaban J connectivity index is 0.000000765. The van der Waals surface area contributed by atoms with E-state index in [2.05, 4.69) is 29.3 Å². The lowest BCUT2D eigenvalue weighted by atomic mass is 9.89. The van der Waals surface area contributed by atoms with Gasteiger partial charge in [-0.25, -0.2) is 0 Å². The van der Waals surface area contributed by atoms with E-state index in [4.69, 9.17) is 5.73 Å². The van der Waals surface area contributed by atoms with Crippen molar-refractivity contribution in [3.63, 3.8) is 0 Å². The maximum absolute atomic E-state index is 12.7. The summed E-state index contributed by atoms with van der Waals surface area (Å²) < 4.78 is 0. The van der Waals surface area contributed by atoms with E-state index in [0.717, 1.165) is 42.0 Å². The molecule has 0 radical (unpaired) electrons. The quantitative estimate of drug-likeness (QED) is 0.652. The number of hydrogen-bond donors (Lipinski definition) is 3. The fraction of sp³-hybridized carbons (Fsp3) is 0.500. The van der Waals surface area contributed by atoms with Crippen LogP contribution in [0.15, 0.2) is 29.9 Å². The predicted molar refractivity (Wildman–Crippen MR) is 112 cm³/mol. The van der Waals surface area contributed by atoms with Gasteiger partial charge in [0.15, 0.2) is 0 Å². The van der Waals surface area contributed by atoms with Gasteiger partial charge in [0.25, 0.3) is 0 Å². The zero-order chi connectivity index (χ0) is 19.5. The van der Waals surface area contributed by atoms with Gasteiger partial charge < -0.3 is 21.4 Å². The number of benzene rings is 1. The van der Waals surface area contributed by atoms with Gasteiger partial charge in [0.2, 0.25) is 5.91 Å². The minimum Gasteiger partial charge on any atom is -0.330 e. The van der Waals surface area contributed by atoms with Gasteiger partial charge in [0, 0.05) is 18.7 Å². The monoisotopic (exact) mass is 359 g/mol. The summed E-state index contributed by atoms with van der Waals surface area (Å²) in [4.78, 5) is 14.5. The van der Waals surface area contributed by atoms with E-state index in [9.17, 15) is 4.79 Å². The van der Waals surface area contributed by atoms with E-state index in [0.29, 0.717) is 13.1 Å². The van der Waals surface area contributed by atoms with E-state index in [-0.39, 0.29) is 11.8 Å². The zero-order valence-corrected chi connectivity index (χ0v) is 16.5. The Morgan fingerprint density at radius 3 is 2.58 bits per heavy atom. The third-order valence-corrected chi connectivity index (χ3v) is 4.17. The van der Waals surface area contributed by atoms with Crippen molar-refractivity contribution in [3.8, 4) is 0 Å². The molecule has 1 atom stereocenters. The Morgan fingerprint density at radius 2 is 2.04 bits per heavy atom. The minimum absolute atomic E-state index is 0.0731. The van der Waals surface area contributed by atoms with Gasteiger partial charge in [0.05, 0.1) is 17.3 Å². The molecule has 0 fully saturated rings. The topological polar surface area (TPSA) is 82.8 Å². The Hall–Kier alpha value is -2.18. The van der Waals surface area contributed by atoms with E-state index in [1.165, 1.54) is 0 Å². The molecule has 26 heavy (non-hydrogen) atoms. The van der Waals surface area contributed by atoms with Crippen LogP contribution < -0.4 is 21.4 Å². The molecule has 0 saturated heterocycles. The summed E-state index contributed by atoms with van der Waals surface area (Å²) in [5.74, 6) is -0.201. The summed E-state index contributed by atoms with van der Waals surface area (Å²) in [6, 6.07) is 5.97. The average molecular weight is 360 g/mol. The normalized spacial score (nSPS) is 17.4. The molecule has 1 aromatic carbocycles. The van der Waals surface area contributed by atoms with Crippen molar-refractivity contribution in [2.24, 2.45) is 16.8 Å². The Kier molecular flexibility index (Phi) is 9.62. The second-order valence-corrected chi connectivity index (χ2v) is 6.05. The molecule has 1 unspecified atom stereocenters. The molecule has 0 aromatic heterocycles. The van der Waals surface area contributed by atoms with Crippen LogP contribution in [0.2, 0.25) is 0 Å². The Labute approximate surface area is 157 Å². The third-order valence-electron chi connectivity index (χ3n) is 4.17. The van der Waals surface area contributed by atoms with Gasteiger partial charge in [-0.15, -0.1) is 0 Å². The van der Waals surface area contributed by atoms with Crippen molar-refractivity contribution in [2.75, 3.05) is 38.1 Å². The Morgan fingerprint density at radius 1 is 1.35 bits per heavy atom. The van der Waals surface area contributed by atoms with Gasteiger partial charge in [-0.1, -0.05) is 25.6 Å². The van der Waals surface area contributed by atoms with E-state index in [1.54, 1.807) is 6.08 Å². The van der Waals surface area contributed by atoms with E-state index in [1.807, 2.05) is 44.0 Å². The van der Waals surface area contributed by atoms with Crippen LogP contribution in [0.1, 0.15) is 38.3 Å². The van der Waals surface area contributed by atoms with E-state index >= 15 is 0 Å². The second-order valence-electron chi connectivity index (χ2n) is 6.05. The molecule has 1 aromatic rings. The minimum atomic E-state index is -0.274. The highest BCUT2D eigenvalue weighted by Gasteiger charge is 2.34. The Bertz CT molecular complexity index is 625. The van der Waals surface area contributed by atoms with Crippen molar-refractivity contribution in [3.05, 3.63) is 35.9 Å². The lowest BCUT2D eigenvalue weighted by Crippen LogP contribution is -2.45. The van der Waals surface area contributed by atoms with Crippen molar-refractivity contribution in [1.29, 1.82) is 0 Å². The number of nitrogens with one attached hydrogen (secondary N) is 2. The van der Waals surface area contributed by atoms with Crippen LogP contribution in [-0.4, -0.2) is 44.8 Å². The zero-order valence-electron chi connectivity index (χ0n) is 16.5. The van der Waals surface area contributed by atoms with Gasteiger partial charge in [-0.05, 0) is 58.1 Å². The molecule has 0 aliphatic carbocycles. The highest BCUT2D eigenvalue weighted by atomic mass is 16.2. The largest absolute Gasteiger partial charge is 0.330 e. The molecule has 1 amide bonds. The summed E-state index contributed by atoms with van der Waals surface area (Å²) in [7, 11) is 1.93. The fourth-order valence-electron chi connectivity index (χ4n) is 2.63. The van der Waals surface area contributed by atoms with Crippen molar-refractivity contribution in [1.82, 2.24) is 10.7 Å². The highest BCUT2D eigenvalue weighted by Crippen LogP contribution is 2.32. The van der Waals surface area contributed by atoms with Crippen LogP contribution in [0.25, 0.3) is 6.08 Å². The average Bonchev–Trinajstić information content (AvgIpc) is 2.68. The number of hydrogen-bond acceptors (Lipinski definition) is 5. The summed E-state index contributed by atoms with van der Waals surface area (Å²) in [5, 5.41) is 7.36. The van der Waals surface area contributed by atoms with Crippen LogP contribution in [0.3, 0.4) is 0 Å². The van der Waals surface area contributed by atoms with E-state index < -0.39 is 0 Å². The molecule has 2 rings (SSSR count). The summed E-state index contributed by atoms with van der Waals surface area (Å²) in [6.07, 6.45) is 2.58. The summed E-state index contributed by atoms with van der Waals surface area (Å²) >= 11 is 0. The molecule has 1 heterocycles. The maximum atomic E-state index is 12.7. The first-order chi connectivity index (χ1) is 12.5. The first kappa shape index (κ1) is 21.9. The van der Waals surface area contributed by atoms with Crippen LogP contribution in [0, 0.1) is 5.92 Å². The molecule has 4 N–H and O–H groups in total. The van der Waals surface area contributed by atoms with Crippen LogP contribution in [0.4, 0.5) is 5.69 Å². The molecule has 1 aliphatic rings. The second kappa shape index (κ2) is 11.4. The number of hydrazone groups is 1. The third kappa shape index (κ3) is 5.41. The highest BCUT2D eigenvalue weighted by molar-refractivity contribution is 6.23. The molecule has 0 bridgehead atoms. The van der Waals surface area contributed by atoms with Crippen LogP contribution >= 0.6 is 0 Å². The van der Waals surface area contributed by atoms with Gasteiger partial charge in [0.1, 0.15) is 0 Å². The fourth-order valence-corrected chi connectivity index (χ4v) is 2.63. The molecule has 6 heteroatoms. The number of nitrogens with zero attached hydrogens (tertiary/aromatic N) is 2. The predicted octanol–water partition coefficient (Wildman–Crippen LogP) is 2.20. The number of carbonyl (C=O) groups excluding carboxylic acids is 1. The lowest BCUT2D eigenvalue weighted by Gasteiger charge is -2.34. The molecule has 1 aliphatic heterocycles. The van der Waals surface area contributed by atoms with Crippen molar-refractivity contribution in [2.45, 2.75) is 27.2 Å². The summed E-state index contributed by atoms with van der Waals surface area (Å²) in [5.41, 5.74) is 12.3. The molecule has 0 spiro atoms. The van der Waals surface area contributed by atoms with Crippen LogP contribution in [-0.2, 0) is 4.79 Å². The lowest BCUT2D eigenvalue weighted by molar-refractivity contribution is -0.120. The first-order valence-corrected chi connectivity index (χ1v) is 9.28. The number of anilines is 1.